The highest BCUT2D eigenvalue weighted by Crippen LogP contribution is 2.48. The summed E-state index contributed by atoms with van der Waals surface area (Å²) in [5, 5.41) is 8.68. The van der Waals surface area contributed by atoms with Crippen LogP contribution in [0.5, 0.6) is 11.5 Å². The second kappa shape index (κ2) is 8.87. The quantitative estimate of drug-likeness (QED) is 0.394. The van der Waals surface area contributed by atoms with Crippen LogP contribution in [0.25, 0.3) is 5.69 Å². The van der Waals surface area contributed by atoms with Crippen molar-refractivity contribution in [3.8, 4) is 17.2 Å². The first-order valence-corrected chi connectivity index (χ1v) is 12.7. The Kier molecular flexibility index (Phi) is 5.53. The number of rotatable bonds is 5. The van der Waals surface area contributed by atoms with E-state index in [0.29, 0.717) is 41.3 Å². The molecule has 2 N–H and O–H groups in total. The summed E-state index contributed by atoms with van der Waals surface area (Å²) in [5.41, 5.74) is 3.75. The Labute approximate surface area is 212 Å². The number of anilines is 1. The van der Waals surface area contributed by atoms with Crippen LogP contribution in [0.3, 0.4) is 0 Å². The second-order valence-corrected chi connectivity index (χ2v) is 9.96. The highest BCUT2D eigenvalue weighted by Gasteiger charge is 2.41. The van der Waals surface area contributed by atoms with Crippen molar-refractivity contribution in [2.75, 3.05) is 19.5 Å². The molecule has 3 heterocycles. The highest BCUT2D eigenvalue weighted by molar-refractivity contribution is 7.10. The maximum absolute atomic E-state index is 13.7. The Balaban J connectivity index is 1.45. The molecule has 182 valence electrons. The first kappa shape index (κ1) is 22.4. The molecule has 0 saturated carbocycles. The van der Waals surface area contributed by atoms with Gasteiger partial charge in [-0.25, -0.2) is 4.68 Å². The number of hydrogen-bond donors (Lipinski definition) is 2. The zero-order valence-electron chi connectivity index (χ0n) is 19.9. The predicted molar refractivity (Wildman–Crippen MR) is 140 cm³/mol. The monoisotopic (exact) mass is 499 g/mol. The van der Waals surface area contributed by atoms with E-state index in [9.17, 15) is 9.59 Å². The van der Waals surface area contributed by atoms with E-state index in [1.54, 1.807) is 30.2 Å². The number of carbonyl (C=O) groups is 1. The Bertz CT molecular complexity index is 1530. The average Bonchev–Trinajstić information content (AvgIpc) is 3.56. The topological polar surface area (TPSA) is 85.4 Å². The van der Waals surface area contributed by atoms with Gasteiger partial charge in [0, 0.05) is 22.6 Å². The standard InChI is InChI=1S/C28H25N3O4S/c1-34-21-11-10-16(15-22(21)35-2)17-13-19-24(20(32)14-17)25(23-9-6-12-36-23)26-27(29-19)30-31(28(26)33)18-7-4-3-5-8-18/h3-12,15,17,25,29-30H,13-14H2,1-2H3/t17-,25+/m0/s1. The first-order chi connectivity index (χ1) is 17.6. The van der Waals surface area contributed by atoms with Crippen molar-refractivity contribution in [3.05, 3.63) is 104 Å². The van der Waals surface area contributed by atoms with Gasteiger partial charge in [0.1, 0.15) is 5.82 Å². The van der Waals surface area contributed by atoms with Crippen LogP contribution in [0, 0.1) is 0 Å². The minimum atomic E-state index is -0.399. The summed E-state index contributed by atoms with van der Waals surface area (Å²) < 4.78 is 12.4. The molecule has 0 unspecified atom stereocenters. The van der Waals surface area contributed by atoms with Crippen molar-refractivity contribution < 1.29 is 14.3 Å². The molecular formula is C28H25N3O4S. The summed E-state index contributed by atoms with van der Waals surface area (Å²) in [6.07, 6.45) is 1.01. The molecule has 1 aliphatic carbocycles. The number of H-pyrrole nitrogens is 1. The molecule has 2 aliphatic rings. The molecule has 8 heteroatoms. The molecule has 2 aromatic heterocycles. The minimum absolute atomic E-state index is 0.0166. The van der Waals surface area contributed by atoms with E-state index in [4.69, 9.17) is 9.47 Å². The third-order valence-electron chi connectivity index (χ3n) is 7.01. The van der Waals surface area contributed by atoms with Gasteiger partial charge in [0.15, 0.2) is 17.3 Å². The van der Waals surface area contributed by atoms with Crippen LogP contribution < -0.4 is 20.3 Å². The van der Waals surface area contributed by atoms with Crippen LogP contribution in [-0.4, -0.2) is 29.8 Å². The fourth-order valence-corrected chi connectivity index (χ4v) is 6.18. The van der Waals surface area contributed by atoms with Crippen molar-refractivity contribution in [2.45, 2.75) is 24.7 Å². The predicted octanol–water partition coefficient (Wildman–Crippen LogP) is 5.20. The lowest BCUT2D eigenvalue weighted by Crippen LogP contribution is -2.31. The van der Waals surface area contributed by atoms with E-state index in [2.05, 4.69) is 10.4 Å². The number of fused-ring (bicyclic) bond motifs is 1. The number of hydrogen-bond acceptors (Lipinski definition) is 6. The number of nitrogens with one attached hydrogen (secondary N) is 2. The maximum atomic E-state index is 13.7. The number of nitrogens with zero attached hydrogens (tertiary/aromatic N) is 1. The Hall–Kier alpha value is -4.04. The van der Waals surface area contributed by atoms with Crippen molar-refractivity contribution in [1.82, 2.24) is 9.78 Å². The number of ether oxygens (including phenoxy) is 2. The van der Waals surface area contributed by atoms with Crippen LogP contribution in [-0.2, 0) is 4.79 Å². The molecular weight excluding hydrogens is 474 g/mol. The van der Waals surface area contributed by atoms with Gasteiger partial charge in [0.2, 0.25) is 0 Å². The number of carbonyl (C=O) groups excluding carboxylic acids is 1. The summed E-state index contributed by atoms with van der Waals surface area (Å²) in [6.45, 7) is 0. The summed E-state index contributed by atoms with van der Waals surface area (Å²) in [7, 11) is 3.22. The molecule has 0 bridgehead atoms. The number of aromatic amines is 1. The number of benzene rings is 2. The number of allylic oxidation sites excluding steroid dienone is 2. The van der Waals surface area contributed by atoms with Crippen LogP contribution in [0.2, 0.25) is 0 Å². The summed E-state index contributed by atoms with van der Waals surface area (Å²) >= 11 is 1.56. The smallest absolute Gasteiger partial charge is 0.277 e. The van der Waals surface area contributed by atoms with Gasteiger partial charge in [-0.1, -0.05) is 30.3 Å². The average molecular weight is 500 g/mol. The largest absolute Gasteiger partial charge is 0.493 e. The van der Waals surface area contributed by atoms with Crippen LogP contribution in [0.1, 0.15) is 40.7 Å². The molecule has 0 fully saturated rings. The molecule has 0 saturated heterocycles. The molecule has 1 aliphatic heterocycles. The van der Waals surface area contributed by atoms with E-state index >= 15 is 0 Å². The number of Topliss-reactive ketones (excluding diaryl/α,β-unsaturated/α-hetero) is 1. The summed E-state index contributed by atoms with van der Waals surface area (Å²) in [5.74, 6) is 1.57. The van der Waals surface area contributed by atoms with Crippen LogP contribution >= 0.6 is 11.3 Å². The zero-order chi connectivity index (χ0) is 24.8. The lowest BCUT2D eigenvalue weighted by molar-refractivity contribution is -0.116. The first-order valence-electron chi connectivity index (χ1n) is 11.8. The molecule has 4 aromatic rings. The van der Waals surface area contributed by atoms with Crippen molar-refractivity contribution in [1.29, 1.82) is 0 Å². The Morgan fingerprint density at radius 3 is 2.47 bits per heavy atom. The number of methoxy groups -OCH3 is 2. The molecule has 0 spiro atoms. The lowest BCUT2D eigenvalue weighted by atomic mass is 9.74. The molecule has 0 amide bonds. The molecule has 36 heavy (non-hydrogen) atoms. The number of thiophene rings is 1. The fourth-order valence-electron chi connectivity index (χ4n) is 5.33. The fraction of sp³-hybridized carbons (Fsp3) is 0.214. The van der Waals surface area contributed by atoms with Gasteiger partial charge in [0.05, 0.1) is 31.4 Å². The number of ketones is 1. The van der Waals surface area contributed by atoms with Gasteiger partial charge in [-0.2, -0.15) is 0 Å². The van der Waals surface area contributed by atoms with Gasteiger partial charge < -0.3 is 14.8 Å². The van der Waals surface area contributed by atoms with E-state index in [1.165, 1.54) is 0 Å². The Morgan fingerprint density at radius 1 is 0.944 bits per heavy atom. The highest BCUT2D eigenvalue weighted by atomic mass is 32.1. The third kappa shape index (κ3) is 3.56. The van der Waals surface area contributed by atoms with Gasteiger partial charge in [-0.3, -0.25) is 14.7 Å². The van der Waals surface area contributed by atoms with Crippen LogP contribution in [0.4, 0.5) is 5.82 Å². The van der Waals surface area contributed by atoms with Crippen molar-refractivity contribution in [3.63, 3.8) is 0 Å². The minimum Gasteiger partial charge on any atom is -0.493 e. The summed E-state index contributed by atoms with van der Waals surface area (Å²) in [4.78, 5) is 28.4. The normalized spacial score (nSPS) is 18.9. The second-order valence-electron chi connectivity index (χ2n) is 8.99. The SMILES string of the molecule is COc1ccc([C@@H]2CC(=O)C3=C(C2)Nc2[nH]n(-c4ccccc4)c(=O)c2[C@@H]3c2cccs2)cc1OC. The van der Waals surface area contributed by atoms with Crippen molar-refractivity contribution in [2.24, 2.45) is 0 Å². The Morgan fingerprint density at radius 2 is 1.75 bits per heavy atom. The molecule has 2 aromatic carbocycles. The molecule has 2 atom stereocenters. The number of para-hydroxylation sites is 1. The molecule has 7 nitrogen and oxygen atoms in total. The molecule has 0 radical (unpaired) electrons. The van der Waals surface area contributed by atoms with E-state index in [0.717, 1.165) is 21.8 Å². The van der Waals surface area contributed by atoms with Gasteiger partial charge >= 0.3 is 0 Å². The maximum Gasteiger partial charge on any atom is 0.277 e. The van der Waals surface area contributed by atoms with Gasteiger partial charge in [-0.05, 0) is 53.6 Å². The van der Waals surface area contributed by atoms with Gasteiger partial charge in [-0.15, -0.1) is 11.3 Å². The van der Waals surface area contributed by atoms with E-state index in [-0.39, 0.29) is 17.3 Å². The summed E-state index contributed by atoms with van der Waals surface area (Å²) in [6, 6.07) is 19.2. The molecule has 6 rings (SSSR count). The zero-order valence-corrected chi connectivity index (χ0v) is 20.7. The van der Waals surface area contributed by atoms with E-state index < -0.39 is 5.92 Å². The van der Waals surface area contributed by atoms with Crippen LogP contribution in [0.15, 0.2) is 82.1 Å². The third-order valence-corrected chi connectivity index (χ3v) is 7.95. The number of aromatic nitrogens is 2. The van der Waals surface area contributed by atoms with Gasteiger partial charge in [0.25, 0.3) is 5.56 Å². The lowest BCUT2D eigenvalue weighted by Gasteiger charge is -2.34. The van der Waals surface area contributed by atoms with E-state index in [1.807, 2.05) is 66.0 Å². The van der Waals surface area contributed by atoms with Crippen molar-refractivity contribution >= 4 is 22.9 Å².